The maximum Gasteiger partial charge on any atom is 0.159 e. The third-order valence-electron chi connectivity index (χ3n) is 3.42. The van der Waals surface area contributed by atoms with Crippen LogP contribution in [0.2, 0.25) is 0 Å². The summed E-state index contributed by atoms with van der Waals surface area (Å²) >= 11 is 0. The van der Waals surface area contributed by atoms with Gasteiger partial charge in [-0.2, -0.15) is 0 Å². The number of hydrogen-bond acceptors (Lipinski definition) is 2. The normalized spacial score (nSPS) is 14.8. The molecule has 0 aliphatic carbocycles. The standard InChI is InChI=1S/C14H22F2N2/c1-4-10(3)18(5-2)9-14(17)11-6-7-12(15)13(16)8-11/h6-8,10,14H,4-5,9,17H2,1-3H3. The summed E-state index contributed by atoms with van der Waals surface area (Å²) < 4.78 is 26.0. The zero-order chi connectivity index (χ0) is 13.7. The first kappa shape index (κ1) is 15.1. The molecule has 0 radical (unpaired) electrons. The molecule has 0 spiro atoms. The van der Waals surface area contributed by atoms with Crippen molar-refractivity contribution in [2.24, 2.45) is 5.73 Å². The Hall–Kier alpha value is -1.00. The van der Waals surface area contributed by atoms with Gasteiger partial charge in [-0.3, -0.25) is 4.90 Å². The maximum absolute atomic E-state index is 13.1. The summed E-state index contributed by atoms with van der Waals surface area (Å²) in [5.74, 6) is -1.67. The molecule has 0 aliphatic heterocycles. The van der Waals surface area contributed by atoms with Gasteiger partial charge in [-0.05, 0) is 37.6 Å². The molecule has 102 valence electrons. The fourth-order valence-electron chi connectivity index (χ4n) is 1.98. The number of halogens is 2. The van der Waals surface area contributed by atoms with E-state index in [4.69, 9.17) is 5.73 Å². The molecule has 2 atom stereocenters. The van der Waals surface area contributed by atoms with E-state index in [1.807, 2.05) is 0 Å². The Bertz CT molecular complexity index is 382. The van der Waals surface area contributed by atoms with Crippen LogP contribution in [0.3, 0.4) is 0 Å². The second-order valence-electron chi connectivity index (χ2n) is 4.62. The number of hydrogen-bond donors (Lipinski definition) is 1. The molecule has 0 aliphatic rings. The van der Waals surface area contributed by atoms with Gasteiger partial charge in [0.25, 0.3) is 0 Å². The number of rotatable bonds is 6. The molecule has 2 N–H and O–H groups in total. The second kappa shape index (κ2) is 6.81. The third kappa shape index (κ3) is 3.75. The molecule has 4 heteroatoms. The smallest absolute Gasteiger partial charge is 0.159 e. The molecule has 0 fully saturated rings. The van der Waals surface area contributed by atoms with E-state index in [1.54, 1.807) is 6.07 Å². The molecule has 1 aromatic rings. The summed E-state index contributed by atoms with van der Waals surface area (Å²) in [5.41, 5.74) is 6.69. The van der Waals surface area contributed by atoms with Crippen molar-refractivity contribution >= 4 is 0 Å². The van der Waals surface area contributed by atoms with Gasteiger partial charge in [0, 0.05) is 18.6 Å². The molecular formula is C14H22F2N2. The Kier molecular flexibility index (Phi) is 5.69. The first-order valence-corrected chi connectivity index (χ1v) is 6.44. The van der Waals surface area contributed by atoms with Crippen molar-refractivity contribution < 1.29 is 8.78 Å². The van der Waals surface area contributed by atoms with E-state index in [-0.39, 0.29) is 6.04 Å². The molecule has 1 aromatic carbocycles. The monoisotopic (exact) mass is 256 g/mol. The summed E-state index contributed by atoms with van der Waals surface area (Å²) in [4.78, 5) is 2.24. The lowest BCUT2D eigenvalue weighted by Gasteiger charge is -2.29. The van der Waals surface area contributed by atoms with Crippen molar-refractivity contribution in [1.29, 1.82) is 0 Å². The Morgan fingerprint density at radius 2 is 1.89 bits per heavy atom. The summed E-state index contributed by atoms with van der Waals surface area (Å²) in [6, 6.07) is 4.00. The Labute approximate surface area is 108 Å². The minimum atomic E-state index is -0.838. The Morgan fingerprint density at radius 1 is 1.22 bits per heavy atom. The summed E-state index contributed by atoms with van der Waals surface area (Å²) in [6.07, 6.45) is 1.04. The van der Waals surface area contributed by atoms with Crippen LogP contribution in [0.4, 0.5) is 8.78 Å². The Balaban J connectivity index is 2.74. The highest BCUT2D eigenvalue weighted by atomic mass is 19.2. The molecule has 2 unspecified atom stereocenters. The van der Waals surface area contributed by atoms with Gasteiger partial charge < -0.3 is 5.73 Å². The molecule has 0 amide bonds. The van der Waals surface area contributed by atoms with Crippen LogP contribution in [0.25, 0.3) is 0 Å². The van der Waals surface area contributed by atoms with Crippen molar-refractivity contribution in [3.05, 3.63) is 35.4 Å². The molecule has 0 saturated heterocycles. The van der Waals surface area contributed by atoms with Crippen LogP contribution in [0, 0.1) is 11.6 Å². The molecular weight excluding hydrogens is 234 g/mol. The maximum atomic E-state index is 13.1. The highest BCUT2D eigenvalue weighted by Gasteiger charge is 2.16. The predicted octanol–water partition coefficient (Wildman–Crippen LogP) is 3.09. The summed E-state index contributed by atoms with van der Waals surface area (Å²) in [5, 5.41) is 0. The fourth-order valence-corrected chi connectivity index (χ4v) is 1.98. The van der Waals surface area contributed by atoms with E-state index >= 15 is 0 Å². The van der Waals surface area contributed by atoms with Gasteiger partial charge in [0.15, 0.2) is 11.6 Å². The zero-order valence-corrected chi connectivity index (χ0v) is 11.3. The molecule has 0 aromatic heterocycles. The average Bonchev–Trinajstić information content (AvgIpc) is 2.37. The Morgan fingerprint density at radius 3 is 2.39 bits per heavy atom. The molecule has 2 nitrogen and oxygen atoms in total. The van der Waals surface area contributed by atoms with E-state index in [0.717, 1.165) is 19.0 Å². The first-order chi connectivity index (χ1) is 8.49. The molecule has 0 saturated carbocycles. The quantitative estimate of drug-likeness (QED) is 0.847. The molecule has 18 heavy (non-hydrogen) atoms. The number of likely N-dealkylation sites (N-methyl/N-ethyl adjacent to an activating group) is 1. The van der Waals surface area contributed by atoms with Crippen LogP contribution in [-0.4, -0.2) is 24.0 Å². The van der Waals surface area contributed by atoms with Crippen LogP contribution in [0.15, 0.2) is 18.2 Å². The zero-order valence-electron chi connectivity index (χ0n) is 11.3. The highest BCUT2D eigenvalue weighted by Crippen LogP contribution is 2.17. The number of nitrogens with zero attached hydrogens (tertiary/aromatic N) is 1. The summed E-state index contributed by atoms with van der Waals surface area (Å²) in [7, 11) is 0. The van der Waals surface area contributed by atoms with Gasteiger partial charge in [0.1, 0.15) is 0 Å². The predicted molar refractivity (Wildman–Crippen MR) is 70.3 cm³/mol. The fraction of sp³-hybridized carbons (Fsp3) is 0.571. The van der Waals surface area contributed by atoms with E-state index in [0.29, 0.717) is 18.2 Å². The van der Waals surface area contributed by atoms with Gasteiger partial charge in [-0.25, -0.2) is 8.78 Å². The van der Waals surface area contributed by atoms with Gasteiger partial charge in [0.2, 0.25) is 0 Å². The number of nitrogens with two attached hydrogens (primary N) is 1. The minimum absolute atomic E-state index is 0.297. The van der Waals surface area contributed by atoms with E-state index in [2.05, 4.69) is 25.7 Å². The third-order valence-corrected chi connectivity index (χ3v) is 3.42. The van der Waals surface area contributed by atoms with Crippen molar-refractivity contribution in [3.63, 3.8) is 0 Å². The van der Waals surface area contributed by atoms with Crippen molar-refractivity contribution in [2.45, 2.75) is 39.3 Å². The van der Waals surface area contributed by atoms with Crippen LogP contribution in [-0.2, 0) is 0 Å². The van der Waals surface area contributed by atoms with Crippen molar-refractivity contribution in [3.8, 4) is 0 Å². The largest absolute Gasteiger partial charge is 0.323 e. The van der Waals surface area contributed by atoms with Crippen LogP contribution >= 0.6 is 0 Å². The van der Waals surface area contributed by atoms with Gasteiger partial charge in [0.05, 0.1) is 0 Å². The van der Waals surface area contributed by atoms with Gasteiger partial charge in [-0.1, -0.05) is 19.9 Å². The lowest BCUT2D eigenvalue weighted by atomic mass is 10.1. The highest BCUT2D eigenvalue weighted by molar-refractivity contribution is 5.21. The topological polar surface area (TPSA) is 29.3 Å². The molecule has 1 rings (SSSR count). The van der Waals surface area contributed by atoms with E-state index in [9.17, 15) is 8.78 Å². The number of benzene rings is 1. The first-order valence-electron chi connectivity index (χ1n) is 6.44. The van der Waals surface area contributed by atoms with Gasteiger partial charge >= 0.3 is 0 Å². The van der Waals surface area contributed by atoms with E-state index in [1.165, 1.54) is 6.07 Å². The van der Waals surface area contributed by atoms with Crippen LogP contribution in [0.1, 0.15) is 38.8 Å². The minimum Gasteiger partial charge on any atom is -0.323 e. The van der Waals surface area contributed by atoms with Gasteiger partial charge in [-0.15, -0.1) is 0 Å². The SMILES string of the molecule is CCC(C)N(CC)CC(N)c1ccc(F)c(F)c1. The van der Waals surface area contributed by atoms with Crippen LogP contribution < -0.4 is 5.73 Å². The lowest BCUT2D eigenvalue weighted by Crippen LogP contribution is -2.38. The van der Waals surface area contributed by atoms with E-state index < -0.39 is 11.6 Å². The van der Waals surface area contributed by atoms with Crippen molar-refractivity contribution in [2.75, 3.05) is 13.1 Å². The van der Waals surface area contributed by atoms with Crippen LogP contribution in [0.5, 0.6) is 0 Å². The summed E-state index contributed by atoms with van der Waals surface area (Å²) in [6.45, 7) is 7.88. The van der Waals surface area contributed by atoms with Crippen molar-refractivity contribution in [1.82, 2.24) is 4.90 Å². The second-order valence-corrected chi connectivity index (χ2v) is 4.62. The molecule has 0 bridgehead atoms. The molecule has 0 heterocycles. The lowest BCUT2D eigenvalue weighted by molar-refractivity contribution is 0.202. The average molecular weight is 256 g/mol.